The second-order valence-corrected chi connectivity index (χ2v) is 13.8. The standard InChI is InChI=1S/C30H48N4O7/c1-17-22(33-28(39)41-29(2,3)4)27(38)34-16-19-21(30(19,5)6)23(34)25(36)32-20(12-10-8-7-9-11-15-40-17)24(35)26(37)31-18-13-14-18/h17-23H,7-16H2,1-6H3,(H,31,37)(H,32,36)(H,33,39)/t17-,19-,20-,21-,22-,23-/m0/s1. The van der Waals surface area contributed by atoms with Crippen LogP contribution in [-0.4, -0.2) is 83.5 Å². The van der Waals surface area contributed by atoms with Crippen LogP contribution in [0.4, 0.5) is 4.79 Å². The molecule has 0 bridgehead atoms. The minimum atomic E-state index is -1.06. The molecule has 0 spiro atoms. The van der Waals surface area contributed by atoms with Crippen molar-refractivity contribution in [2.24, 2.45) is 17.3 Å². The van der Waals surface area contributed by atoms with Crippen LogP contribution in [0, 0.1) is 17.3 Å². The lowest BCUT2D eigenvalue weighted by Gasteiger charge is -2.35. The van der Waals surface area contributed by atoms with E-state index in [1.807, 2.05) is 0 Å². The summed E-state index contributed by atoms with van der Waals surface area (Å²) in [5.74, 6) is -2.16. The topological polar surface area (TPSA) is 143 Å². The maximum absolute atomic E-state index is 14.1. The number of fused-ring (bicyclic) bond motifs is 3. The zero-order valence-electron chi connectivity index (χ0n) is 25.4. The Labute approximate surface area is 243 Å². The van der Waals surface area contributed by atoms with Gasteiger partial charge in [0.05, 0.1) is 12.1 Å². The van der Waals surface area contributed by atoms with Crippen LogP contribution in [0.3, 0.4) is 0 Å². The van der Waals surface area contributed by atoms with E-state index in [-0.39, 0.29) is 23.3 Å². The van der Waals surface area contributed by atoms with Crippen LogP contribution in [0.1, 0.15) is 92.9 Å². The van der Waals surface area contributed by atoms with E-state index in [0.717, 1.165) is 38.5 Å². The zero-order valence-corrected chi connectivity index (χ0v) is 25.4. The van der Waals surface area contributed by atoms with E-state index in [0.29, 0.717) is 26.0 Å². The molecule has 4 rings (SSSR count). The van der Waals surface area contributed by atoms with Crippen LogP contribution in [0.2, 0.25) is 0 Å². The fourth-order valence-corrected chi connectivity index (χ4v) is 6.32. The molecule has 2 heterocycles. The van der Waals surface area contributed by atoms with Gasteiger partial charge < -0.3 is 30.3 Å². The third kappa shape index (κ3) is 7.59. The third-order valence-electron chi connectivity index (χ3n) is 8.96. The average Bonchev–Trinajstić information content (AvgIpc) is 3.72. The second-order valence-electron chi connectivity index (χ2n) is 13.8. The molecule has 0 radical (unpaired) electrons. The largest absolute Gasteiger partial charge is 0.444 e. The summed E-state index contributed by atoms with van der Waals surface area (Å²) in [6.45, 7) is 11.9. The fourth-order valence-electron chi connectivity index (χ4n) is 6.32. The third-order valence-corrected chi connectivity index (χ3v) is 8.96. The Morgan fingerprint density at radius 3 is 2.32 bits per heavy atom. The molecule has 2 saturated carbocycles. The maximum atomic E-state index is 14.1. The number of alkyl carbamates (subject to hydrolysis) is 1. The van der Waals surface area contributed by atoms with Crippen LogP contribution >= 0.6 is 0 Å². The van der Waals surface area contributed by atoms with E-state index in [1.54, 1.807) is 27.7 Å². The highest BCUT2D eigenvalue weighted by Gasteiger charge is 2.69. The highest BCUT2D eigenvalue weighted by atomic mass is 16.6. The van der Waals surface area contributed by atoms with Crippen molar-refractivity contribution >= 4 is 29.6 Å². The fraction of sp³-hybridized carbons (Fsp3) is 0.833. The molecule has 0 aromatic heterocycles. The van der Waals surface area contributed by atoms with E-state index in [9.17, 15) is 24.0 Å². The van der Waals surface area contributed by atoms with Crippen molar-refractivity contribution < 1.29 is 33.4 Å². The number of ketones is 1. The van der Waals surface area contributed by atoms with Crippen molar-refractivity contribution in [3.05, 3.63) is 0 Å². The molecule has 11 nitrogen and oxygen atoms in total. The van der Waals surface area contributed by atoms with Gasteiger partial charge in [0.2, 0.25) is 17.6 Å². The van der Waals surface area contributed by atoms with E-state index >= 15 is 0 Å². The Morgan fingerprint density at radius 2 is 1.66 bits per heavy atom. The Morgan fingerprint density at radius 1 is 1.00 bits per heavy atom. The van der Waals surface area contributed by atoms with E-state index < -0.39 is 59.4 Å². The first kappa shape index (κ1) is 31.3. The lowest BCUT2D eigenvalue weighted by Crippen LogP contribution is -2.60. The van der Waals surface area contributed by atoms with E-state index in [4.69, 9.17) is 9.47 Å². The second kappa shape index (κ2) is 12.3. The molecule has 11 heteroatoms. The Kier molecular flexibility index (Phi) is 9.35. The number of carbonyl (C=O) groups is 5. The van der Waals surface area contributed by atoms with Crippen molar-refractivity contribution in [1.82, 2.24) is 20.9 Å². The summed E-state index contributed by atoms with van der Waals surface area (Å²) in [5, 5.41) is 8.32. The minimum Gasteiger partial charge on any atom is -0.444 e. The van der Waals surface area contributed by atoms with Crippen LogP contribution in [0.15, 0.2) is 0 Å². The number of hydrogen-bond acceptors (Lipinski definition) is 7. The summed E-state index contributed by atoms with van der Waals surface area (Å²) < 4.78 is 11.5. The van der Waals surface area contributed by atoms with Gasteiger partial charge in [-0.15, -0.1) is 0 Å². The van der Waals surface area contributed by atoms with Crippen molar-refractivity contribution in [3.8, 4) is 0 Å². The number of carbonyl (C=O) groups excluding carboxylic acids is 5. The molecular weight excluding hydrogens is 528 g/mol. The number of amides is 4. The predicted molar refractivity (Wildman–Crippen MR) is 151 cm³/mol. The first-order valence-electron chi connectivity index (χ1n) is 15.3. The molecular formula is C30H48N4O7. The van der Waals surface area contributed by atoms with Gasteiger partial charge in [0, 0.05) is 19.2 Å². The number of piperidine rings is 1. The molecule has 2 aliphatic carbocycles. The lowest BCUT2D eigenvalue weighted by molar-refractivity contribution is -0.146. The molecule has 4 aliphatic rings. The van der Waals surface area contributed by atoms with Gasteiger partial charge in [-0.2, -0.15) is 0 Å². The lowest BCUT2D eigenvalue weighted by atomic mass is 9.97. The molecule has 2 aliphatic heterocycles. The zero-order chi connectivity index (χ0) is 30.1. The Hall–Kier alpha value is -2.69. The molecule has 2 saturated heterocycles. The summed E-state index contributed by atoms with van der Waals surface area (Å²) in [6, 6.07) is -2.81. The molecule has 4 fully saturated rings. The smallest absolute Gasteiger partial charge is 0.408 e. The van der Waals surface area contributed by atoms with Gasteiger partial charge in [-0.25, -0.2) is 4.79 Å². The summed E-state index contributed by atoms with van der Waals surface area (Å²) >= 11 is 0. The normalized spacial score (nSPS) is 32.7. The van der Waals surface area contributed by atoms with Crippen LogP contribution in [-0.2, 0) is 28.7 Å². The quantitative estimate of drug-likeness (QED) is 0.436. The van der Waals surface area contributed by atoms with Gasteiger partial charge in [0.25, 0.3) is 5.91 Å². The first-order valence-corrected chi connectivity index (χ1v) is 15.3. The molecule has 41 heavy (non-hydrogen) atoms. The summed E-state index contributed by atoms with van der Waals surface area (Å²) in [4.78, 5) is 68.1. The van der Waals surface area contributed by atoms with Crippen LogP contribution in [0.5, 0.6) is 0 Å². The SMILES string of the molecule is C[C@@H]1OCCCCCCC[C@@H](C(=O)C(=O)NC2CC2)NC(=O)[C@@H]2[C@@H]3[C@H](CN2C(=O)[C@H]1NC(=O)OC(C)(C)C)C3(C)C. The number of Topliss-reactive ketones (excluding diaryl/α,β-unsaturated/α-hetero) is 1. The van der Waals surface area contributed by atoms with Gasteiger partial charge in [0.15, 0.2) is 0 Å². The van der Waals surface area contributed by atoms with Crippen LogP contribution < -0.4 is 16.0 Å². The van der Waals surface area contributed by atoms with Crippen molar-refractivity contribution in [2.45, 2.75) is 129 Å². The minimum absolute atomic E-state index is 0.0305. The first-order chi connectivity index (χ1) is 19.2. The number of nitrogens with one attached hydrogen (secondary N) is 3. The predicted octanol–water partition coefficient (Wildman–Crippen LogP) is 2.45. The summed E-state index contributed by atoms with van der Waals surface area (Å²) in [7, 11) is 0. The van der Waals surface area contributed by atoms with Gasteiger partial charge in [-0.05, 0) is 70.6 Å². The average molecular weight is 577 g/mol. The van der Waals surface area contributed by atoms with Crippen molar-refractivity contribution in [1.29, 1.82) is 0 Å². The van der Waals surface area contributed by atoms with E-state index in [1.165, 1.54) is 4.90 Å². The van der Waals surface area contributed by atoms with Gasteiger partial charge in [-0.3, -0.25) is 19.2 Å². The van der Waals surface area contributed by atoms with E-state index in [2.05, 4.69) is 29.8 Å². The Bertz CT molecular complexity index is 1030. The van der Waals surface area contributed by atoms with Gasteiger partial charge >= 0.3 is 6.09 Å². The maximum Gasteiger partial charge on any atom is 0.408 e. The highest BCUT2D eigenvalue weighted by molar-refractivity contribution is 6.38. The number of hydrogen-bond donors (Lipinski definition) is 3. The summed E-state index contributed by atoms with van der Waals surface area (Å²) in [6.07, 6.45) is 4.81. The monoisotopic (exact) mass is 576 g/mol. The molecule has 230 valence electrons. The van der Waals surface area contributed by atoms with Crippen LogP contribution in [0.25, 0.3) is 0 Å². The van der Waals surface area contributed by atoms with Crippen molar-refractivity contribution in [3.63, 3.8) is 0 Å². The molecule has 3 N–H and O–H groups in total. The Balaban J connectivity index is 1.59. The highest BCUT2D eigenvalue weighted by Crippen LogP contribution is 2.65. The molecule has 4 amide bonds. The molecule has 0 aromatic rings. The number of rotatable bonds is 4. The molecule has 0 unspecified atom stereocenters. The van der Waals surface area contributed by atoms with Crippen molar-refractivity contribution in [2.75, 3.05) is 13.2 Å². The molecule has 0 aromatic carbocycles. The molecule has 6 atom stereocenters. The van der Waals surface area contributed by atoms with Gasteiger partial charge in [-0.1, -0.05) is 39.5 Å². The number of nitrogens with zero attached hydrogens (tertiary/aromatic N) is 1. The van der Waals surface area contributed by atoms with Gasteiger partial charge in [0.1, 0.15) is 17.7 Å². The number of ether oxygens (including phenoxy) is 2. The summed E-state index contributed by atoms with van der Waals surface area (Å²) in [5.41, 5.74) is -0.913.